The number of halogens is 1. The van der Waals surface area contributed by atoms with E-state index in [2.05, 4.69) is 15.9 Å². The Bertz CT molecular complexity index is 929. The highest BCUT2D eigenvalue weighted by molar-refractivity contribution is 9.10. The van der Waals surface area contributed by atoms with Gasteiger partial charge in [-0.15, -0.1) is 0 Å². The number of aliphatic hydroxyl groups is 1. The molecule has 0 radical (unpaired) electrons. The largest absolute Gasteiger partial charge is 0.506 e. The molecule has 0 amide bonds. The molecule has 0 aromatic heterocycles. The first-order valence-electron chi connectivity index (χ1n) is 9.58. The number of phenols is 1. The van der Waals surface area contributed by atoms with Crippen molar-refractivity contribution >= 4 is 27.8 Å². The lowest BCUT2D eigenvalue weighted by molar-refractivity contribution is -0.00462. The van der Waals surface area contributed by atoms with Crippen molar-refractivity contribution in [2.75, 3.05) is 14.2 Å². The molecule has 0 heterocycles. The summed E-state index contributed by atoms with van der Waals surface area (Å²) < 4.78 is 11.7. The lowest BCUT2D eigenvalue weighted by Gasteiger charge is -2.34. The van der Waals surface area contributed by atoms with Crippen LogP contribution in [0.5, 0.6) is 17.2 Å². The zero-order valence-electron chi connectivity index (χ0n) is 16.6. The molecule has 5 nitrogen and oxygen atoms in total. The van der Waals surface area contributed by atoms with Crippen molar-refractivity contribution in [2.45, 2.75) is 37.7 Å². The monoisotopic (exact) mass is 460 g/mol. The number of hydrogen-bond acceptors (Lipinski definition) is 5. The summed E-state index contributed by atoms with van der Waals surface area (Å²) >= 11 is 3.40. The van der Waals surface area contributed by atoms with Crippen LogP contribution in [0.3, 0.4) is 0 Å². The van der Waals surface area contributed by atoms with Gasteiger partial charge < -0.3 is 19.7 Å². The number of ketones is 1. The molecule has 0 atom stereocenters. The maximum Gasteiger partial charge on any atom is 0.193 e. The van der Waals surface area contributed by atoms with Gasteiger partial charge in [0, 0.05) is 10.5 Å². The van der Waals surface area contributed by atoms with Crippen molar-refractivity contribution in [3.05, 3.63) is 57.6 Å². The van der Waals surface area contributed by atoms with Crippen molar-refractivity contribution in [1.82, 2.24) is 0 Å². The zero-order valence-corrected chi connectivity index (χ0v) is 18.2. The fraction of sp³-hybridized carbons (Fsp3) is 0.348. The molecule has 1 aliphatic carbocycles. The van der Waals surface area contributed by atoms with Gasteiger partial charge in [-0.2, -0.15) is 0 Å². The van der Waals surface area contributed by atoms with Crippen molar-refractivity contribution < 1.29 is 24.5 Å². The Labute approximate surface area is 179 Å². The summed E-state index contributed by atoms with van der Waals surface area (Å²) in [6, 6.07) is 9.08. The Morgan fingerprint density at radius 3 is 2.41 bits per heavy atom. The summed E-state index contributed by atoms with van der Waals surface area (Å²) in [5, 5.41) is 22.3. The molecule has 0 aliphatic heterocycles. The molecule has 1 saturated carbocycles. The fourth-order valence-electron chi connectivity index (χ4n) is 3.88. The third-order valence-electron chi connectivity index (χ3n) is 5.34. The number of allylic oxidation sites excluding steroid dienone is 1. The second kappa shape index (κ2) is 9.01. The van der Waals surface area contributed by atoms with Gasteiger partial charge in [0.05, 0.1) is 25.4 Å². The molecule has 1 fully saturated rings. The lowest BCUT2D eigenvalue weighted by atomic mass is 9.78. The highest BCUT2D eigenvalue weighted by Gasteiger charge is 2.39. The molecule has 2 aromatic carbocycles. The predicted molar refractivity (Wildman–Crippen MR) is 116 cm³/mol. The van der Waals surface area contributed by atoms with E-state index in [1.54, 1.807) is 12.1 Å². The number of phenolic OH excluding ortho intramolecular Hbond substituents is 1. The molecule has 0 unspecified atom stereocenters. The molecule has 1 aliphatic rings. The minimum atomic E-state index is -1.23. The Balaban J connectivity index is 2.07. The fourth-order valence-corrected chi connectivity index (χ4v) is 4.30. The van der Waals surface area contributed by atoms with Crippen molar-refractivity contribution in [1.29, 1.82) is 0 Å². The SMILES string of the molecule is COc1cc(OC)c(C2(O)CCCCC2)c(O)c1C(=O)C=Cc1cccc(Br)c1. The van der Waals surface area contributed by atoms with E-state index in [0.29, 0.717) is 18.6 Å². The maximum absolute atomic E-state index is 13.0. The smallest absolute Gasteiger partial charge is 0.193 e. The van der Waals surface area contributed by atoms with Crippen molar-refractivity contribution in [3.8, 4) is 17.2 Å². The van der Waals surface area contributed by atoms with Gasteiger partial charge in [0.15, 0.2) is 5.78 Å². The van der Waals surface area contributed by atoms with Gasteiger partial charge in [-0.25, -0.2) is 0 Å². The molecule has 0 saturated heterocycles. The number of methoxy groups -OCH3 is 2. The summed E-state index contributed by atoms with van der Waals surface area (Å²) in [6.07, 6.45) is 6.79. The third-order valence-corrected chi connectivity index (χ3v) is 5.83. The first kappa shape index (κ1) is 21.4. The van der Waals surface area contributed by atoms with Crippen LogP contribution < -0.4 is 9.47 Å². The van der Waals surface area contributed by atoms with Crippen LogP contribution in [-0.4, -0.2) is 30.2 Å². The van der Waals surface area contributed by atoms with Gasteiger partial charge in [-0.05, 0) is 36.6 Å². The van der Waals surface area contributed by atoms with Crippen LogP contribution in [0.25, 0.3) is 6.08 Å². The first-order chi connectivity index (χ1) is 13.9. The van der Waals surface area contributed by atoms with Crippen LogP contribution in [0, 0.1) is 0 Å². The van der Waals surface area contributed by atoms with Crippen LogP contribution in [0.1, 0.15) is 53.6 Å². The molecule has 29 heavy (non-hydrogen) atoms. The average molecular weight is 461 g/mol. The van der Waals surface area contributed by atoms with E-state index >= 15 is 0 Å². The number of carbonyl (C=O) groups excluding carboxylic acids is 1. The van der Waals surface area contributed by atoms with Gasteiger partial charge in [-0.1, -0.05) is 53.4 Å². The second-order valence-corrected chi connectivity index (χ2v) is 8.14. The first-order valence-corrected chi connectivity index (χ1v) is 10.4. The topological polar surface area (TPSA) is 76.0 Å². The van der Waals surface area contributed by atoms with Crippen LogP contribution in [0.15, 0.2) is 40.9 Å². The Morgan fingerprint density at radius 1 is 1.10 bits per heavy atom. The van der Waals surface area contributed by atoms with Gasteiger partial charge in [-0.3, -0.25) is 4.79 Å². The molecule has 0 bridgehead atoms. The van der Waals surface area contributed by atoms with E-state index in [1.165, 1.54) is 20.3 Å². The summed E-state index contributed by atoms with van der Waals surface area (Å²) in [5.74, 6) is -0.181. The van der Waals surface area contributed by atoms with Crippen LogP contribution in [0.4, 0.5) is 0 Å². The molecule has 154 valence electrons. The van der Waals surface area contributed by atoms with E-state index in [0.717, 1.165) is 29.3 Å². The van der Waals surface area contributed by atoms with Crippen LogP contribution in [0.2, 0.25) is 0 Å². The molecule has 0 spiro atoms. The highest BCUT2D eigenvalue weighted by Crippen LogP contribution is 2.49. The molecule has 2 N–H and O–H groups in total. The Kier molecular flexibility index (Phi) is 6.65. The highest BCUT2D eigenvalue weighted by atomic mass is 79.9. The van der Waals surface area contributed by atoms with Crippen LogP contribution >= 0.6 is 15.9 Å². The quantitative estimate of drug-likeness (QED) is 0.456. The summed E-state index contributed by atoms with van der Waals surface area (Å²) in [6.45, 7) is 0. The van der Waals surface area contributed by atoms with Crippen molar-refractivity contribution in [3.63, 3.8) is 0 Å². The van der Waals surface area contributed by atoms with E-state index in [9.17, 15) is 15.0 Å². The molecule has 3 rings (SSSR count). The molecular weight excluding hydrogens is 436 g/mol. The number of rotatable bonds is 6. The third kappa shape index (κ3) is 4.49. The minimum Gasteiger partial charge on any atom is -0.506 e. The lowest BCUT2D eigenvalue weighted by Crippen LogP contribution is -2.29. The molecule has 2 aromatic rings. The zero-order chi connectivity index (χ0) is 21.0. The van der Waals surface area contributed by atoms with Crippen LogP contribution in [-0.2, 0) is 5.60 Å². The Morgan fingerprint density at radius 2 is 1.79 bits per heavy atom. The van der Waals surface area contributed by atoms with E-state index in [1.807, 2.05) is 24.3 Å². The predicted octanol–water partition coefficient (Wildman–Crippen LogP) is 5.22. The second-order valence-electron chi connectivity index (χ2n) is 7.22. The van der Waals surface area contributed by atoms with Gasteiger partial charge in [0.25, 0.3) is 0 Å². The summed E-state index contributed by atoms with van der Waals surface area (Å²) in [7, 11) is 2.90. The van der Waals surface area contributed by atoms with E-state index in [-0.39, 0.29) is 22.6 Å². The Hall–Kier alpha value is -2.31. The van der Waals surface area contributed by atoms with E-state index < -0.39 is 11.4 Å². The molecule has 6 heteroatoms. The summed E-state index contributed by atoms with van der Waals surface area (Å²) in [4.78, 5) is 13.0. The summed E-state index contributed by atoms with van der Waals surface area (Å²) in [5.41, 5.74) is -0.109. The number of aromatic hydroxyl groups is 1. The molecular formula is C23H25BrO5. The maximum atomic E-state index is 13.0. The normalized spacial score (nSPS) is 16.0. The number of carbonyl (C=O) groups is 1. The van der Waals surface area contributed by atoms with Gasteiger partial charge in [0.2, 0.25) is 0 Å². The number of hydrogen-bond donors (Lipinski definition) is 2. The number of ether oxygens (including phenoxy) is 2. The van der Waals surface area contributed by atoms with Gasteiger partial charge in [0.1, 0.15) is 22.8 Å². The van der Waals surface area contributed by atoms with Gasteiger partial charge >= 0.3 is 0 Å². The average Bonchev–Trinajstić information content (AvgIpc) is 2.71. The standard InChI is InChI=1S/C23H25BrO5/c1-28-18-14-19(29-2)21(23(27)11-4-3-5-12-23)22(26)20(18)17(25)10-9-15-7-6-8-16(24)13-15/h6-10,13-14,26-27H,3-5,11-12H2,1-2H3. The van der Waals surface area contributed by atoms with E-state index in [4.69, 9.17) is 9.47 Å². The number of benzene rings is 2. The van der Waals surface area contributed by atoms with Crippen molar-refractivity contribution in [2.24, 2.45) is 0 Å². The minimum absolute atomic E-state index is 0.0218.